The van der Waals surface area contributed by atoms with E-state index in [0.717, 1.165) is 46.9 Å². The minimum Gasteiger partial charge on any atom is -0.497 e. The van der Waals surface area contributed by atoms with Crippen molar-refractivity contribution < 1.29 is 28.5 Å². The highest BCUT2D eigenvalue weighted by atomic mass is 16.6. The van der Waals surface area contributed by atoms with E-state index >= 15 is 0 Å². The minimum atomic E-state index is -0.585. The number of nitrogens with zero attached hydrogens (tertiary/aromatic N) is 3. The van der Waals surface area contributed by atoms with Crippen LogP contribution < -0.4 is 24.4 Å². The smallest absolute Gasteiger partial charge is 0.412 e. The summed E-state index contributed by atoms with van der Waals surface area (Å²) in [5.41, 5.74) is 3.77. The minimum absolute atomic E-state index is 0.347. The maximum absolute atomic E-state index is 12.3. The molecule has 0 unspecified atom stereocenters. The van der Waals surface area contributed by atoms with Crippen LogP contribution in [-0.4, -0.2) is 55.1 Å². The third-order valence-electron chi connectivity index (χ3n) is 7.21. The molecule has 10 nitrogen and oxygen atoms in total. The summed E-state index contributed by atoms with van der Waals surface area (Å²) in [5, 5.41) is 2.81. The van der Waals surface area contributed by atoms with Gasteiger partial charge in [-0.15, -0.1) is 0 Å². The van der Waals surface area contributed by atoms with Crippen LogP contribution >= 0.6 is 0 Å². The monoisotopic (exact) mass is 596 g/mol. The summed E-state index contributed by atoms with van der Waals surface area (Å²) in [6, 6.07) is 21.2. The molecule has 6 rings (SSSR count). The first-order valence-electron chi connectivity index (χ1n) is 14.6. The molecule has 0 aliphatic carbocycles. The Morgan fingerprint density at radius 2 is 1.77 bits per heavy atom. The number of rotatable bonds is 7. The predicted molar refractivity (Wildman–Crippen MR) is 167 cm³/mol. The number of nitrogens with one attached hydrogen (secondary N) is 1. The fourth-order valence-corrected chi connectivity index (χ4v) is 5.09. The molecule has 10 heteroatoms. The number of hydrogen-bond donors (Lipinski definition) is 1. The summed E-state index contributed by atoms with van der Waals surface area (Å²) in [4.78, 5) is 24.3. The molecule has 1 amide bonds. The first kappa shape index (κ1) is 29.3. The lowest BCUT2D eigenvalue weighted by Crippen LogP contribution is -2.36. The number of fused-ring (bicyclic) bond motifs is 2. The second-order valence-electron chi connectivity index (χ2n) is 11.6. The average molecular weight is 597 g/mol. The summed E-state index contributed by atoms with van der Waals surface area (Å²) < 4.78 is 28.9. The average Bonchev–Trinajstić information content (AvgIpc) is 3.02. The molecule has 2 aliphatic rings. The molecule has 2 aliphatic heterocycles. The van der Waals surface area contributed by atoms with Crippen LogP contribution in [0.1, 0.15) is 37.5 Å². The molecule has 3 heterocycles. The van der Waals surface area contributed by atoms with Gasteiger partial charge in [-0.3, -0.25) is 5.32 Å². The highest BCUT2D eigenvalue weighted by Gasteiger charge is 2.25. The number of carbonyl (C=O) groups is 1. The van der Waals surface area contributed by atoms with E-state index in [9.17, 15) is 4.79 Å². The van der Waals surface area contributed by atoms with Crippen molar-refractivity contribution >= 4 is 17.6 Å². The zero-order valence-electron chi connectivity index (χ0n) is 25.4. The standard InChI is InChI=1S/C34H36N4O6/c1-34(2,3)44-33(39)35-25-10-13-28-24(19-25)18-23-6-5-7-27(31(23)43-28)32-36-29(38-14-16-41-17-15-38)20-30(37-32)42-21-22-8-11-26(40-4)12-9-22/h5-13,19-20H,14-18,21H2,1-4H3,(H,35,39). The van der Waals surface area contributed by atoms with Gasteiger partial charge in [0.25, 0.3) is 0 Å². The van der Waals surface area contributed by atoms with Crippen molar-refractivity contribution in [2.45, 2.75) is 39.4 Å². The van der Waals surface area contributed by atoms with Crippen molar-refractivity contribution in [2.24, 2.45) is 0 Å². The van der Waals surface area contributed by atoms with Crippen LogP contribution in [0.15, 0.2) is 66.7 Å². The molecule has 44 heavy (non-hydrogen) atoms. The van der Waals surface area contributed by atoms with Crippen LogP contribution in [0.25, 0.3) is 11.4 Å². The Balaban J connectivity index is 1.28. The van der Waals surface area contributed by atoms with Gasteiger partial charge in [-0.25, -0.2) is 9.78 Å². The maximum atomic E-state index is 12.3. The first-order chi connectivity index (χ1) is 21.2. The largest absolute Gasteiger partial charge is 0.497 e. The number of para-hydroxylation sites is 1. The topological polar surface area (TPSA) is 104 Å². The Bertz CT molecular complexity index is 1650. The van der Waals surface area contributed by atoms with E-state index < -0.39 is 11.7 Å². The van der Waals surface area contributed by atoms with Crippen LogP contribution in [0.2, 0.25) is 0 Å². The van der Waals surface area contributed by atoms with Gasteiger partial charge in [0, 0.05) is 42.4 Å². The number of methoxy groups -OCH3 is 1. The summed E-state index contributed by atoms with van der Waals surface area (Å²) in [6.45, 7) is 8.56. The van der Waals surface area contributed by atoms with Crippen molar-refractivity contribution in [3.05, 3.63) is 83.4 Å². The van der Waals surface area contributed by atoms with Crippen LogP contribution in [0.3, 0.4) is 0 Å². The zero-order chi connectivity index (χ0) is 30.7. The molecular weight excluding hydrogens is 560 g/mol. The van der Waals surface area contributed by atoms with Crippen LogP contribution in [-0.2, 0) is 22.5 Å². The number of hydrogen-bond acceptors (Lipinski definition) is 9. The van der Waals surface area contributed by atoms with E-state index in [1.165, 1.54) is 0 Å². The molecule has 4 aromatic rings. The molecular formula is C34H36N4O6. The molecule has 1 fully saturated rings. The number of anilines is 2. The van der Waals surface area contributed by atoms with E-state index in [-0.39, 0.29) is 0 Å². The molecule has 3 aromatic carbocycles. The van der Waals surface area contributed by atoms with Gasteiger partial charge >= 0.3 is 6.09 Å². The van der Waals surface area contributed by atoms with E-state index in [4.69, 9.17) is 33.7 Å². The molecule has 1 N–H and O–H groups in total. The second-order valence-corrected chi connectivity index (χ2v) is 11.6. The number of carbonyl (C=O) groups excluding carboxylic acids is 1. The molecule has 0 atom stereocenters. The maximum Gasteiger partial charge on any atom is 0.412 e. The van der Waals surface area contributed by atoms with Crippen molar-refractivity contribution in [3.8, 4) is 34.5 Å². The van der Waals surface area contributed by atoms with Crippen molar-refractivity contribution in [1.82, 2.24) is 9.97 Å². The highest BCUT2D eigenvalue weighted by molar-refractivity contribution is 5.85. The lowest BCUT2D eigenvalue weighted by molar-refractivity contribution is 0.0636. The quantitative estimate of drug-likeness (QED) is 0.222. The van der Waals surface area contributed by atoms with Gasteiger partial charge in [-0.1, -0.05) is 24.3 Å². The van der Waals surface area contributed by atoms with E-state index in [1.807, 2.05) is 81.4 Å². The van der Waals surface area contributed by atoms with E-state index in [1.54, 1.807) is 13.2 Å². The SMILES string of the molecule is COc1ccc(COc2cc(N3CCOCC3)nc(-c3cccc4c3Oc3ccc(NC(=O)OC(C)(C)C)cc3C4)n2)cc1. The third kappa shape index (κ3) is 6.86. The van der Waals surface area contributed by atoms with Crippen molar-refractivity contribution in [1.29, 1.82) is 0 Å². The number of morpholine rings is 1. The summed E-state index contributed by atoms with van der Waals surface area (Å²) in [6.07, 6.45) is 0.117. The zero-order valence-corrected chi connectivity index (χ0v) is 25.4. The Hall–Kier alpha value is -4.83. The molecule has 0 spiro atoms. The molecule has 228 valence electrons. The fraction of sp³-hybridized carbons (Fsp3) is 0.324. The Morgan fingerprint density at radius 1 is 0.977 bits per heavy atom. The van der Waals surface area contributed by atoms with Crippen molar-refractivity contribution in [2.75, 3.05) is 43.6 Å². The van der Waals surface area contributed by atoms with Gasteiger partial charge in [0.1, 0.15) is 35.3 Å². The first-order valence-corrected chi connectivity index (χ1v) is 14.6. The summed E-state index contributed by atoms with van der Waals surface area (Å²) in [7, 11) is 1.65. The summed E-state index contributed by atoms with van der Waals surface area (Å²) in [5.74, 6) is 3.96. The van der Waals surface area contributed by atoms with Gasteiger partial charge < -0.3 is 28.6 Å². The molecule has 0 bridgehead atoms. The molecule has 1 saturated heterocycles. The van der Waals surface area contributed by atoms with Crippen LogP contribution in [0, 0.1) is 0 Å². The Labute approximate surface area is 256 Å². The van der Waals surface area contributed by atoms with E-state index in [2.05, 4.69) is 10.2 Å². The second kappa shape index (κ2) is 12.4. The molecule has 1 aromatic heterocycles. The third-order valence-corrected chi connectivity index (χ3v) is 7.21. The molecule has 0 saturated carbocycles. The molecule has 0 radical (unpaired) electrons. The Kier molecular flexibility index (Phi) is 8.25. The van der Waals surface area contributed by atoms with Gasteiger partial charge in [0.2, 0.25) is 5.88 Å². The number of amides is 1. The lowest BCUT2D eigenvalue weighted by Gasteiger charge is -2.28. The normalized spacial score (nSPS) is 14.1. The van der Waals surface area contributed by atoms with Gasteiger partial charge in [-0.2, -0.15) is 4.98 Å². The van der Waals surface area contributed by atoms with Crippen LogP contribution in [0.4, 0.5) is 16.3 Å². The van der Waals surface area contributed by atoms with Gasteiger partial charge in [-0.05, 0) is 62.7 Å². The predicted octanol–water partition coefficient (Wildman–Crippen LogP) is 6.61. The number of ether oxygens (including phenoxy) is 5. The van der Waals surface area contributed by atoms with Gasteiger partial charge in [0.15, 0.2) is 5.82 Å². The lowest BCUT2D eigenvalue weighted by atomic mass is 9.97. The van der Waals surface area contributed by atoms with E-state index in [0.29, 0.717) is 55.1 Å². The Morgan fingerprint density at radius 3 is 2.52 bits per heavy atom. The van der Waals surface area contributed by atoms with Gasteiger partial charge in [0.05, 0.1) is 25.9 Å². The van der Waals surface area contributed by atoms with Crippen molar-refractivity contribution in [3.63, 3.8) is 0 Å². The number of benzene rings is 3. The highest BCUT2D eigenvalue weighted by Crippen LogP contribution is 2.43. The number of aromatic nitrogens is 2. The fourth-order valence-electron chi connectivity index (χ4n) is 5.09. The van der Waals surface area contributed by atoms with Crippen LogP contribution in [0.5, 0.6) is 23.1 Å². The summed E-state index contributed by atoms with van der Waals surface area (Å²) >= 11 is 0.